The molecule has 16 heavy (non-hydrogen) atoms. The van der Waals surface area contributed by atoms with E-state index in [1.54, 1.807) is 0 Å². The quantitative estimate of drug-likeness (QED) is 0.596. The van der Waals surface area contributed by atoms with E-state index in [2.05, 4.69) is 22.6 Å². The summed E-state index contributed by atoms with van der Waals surface area (Å²) in [6.45, 7) is 0.783. The maximum atomic E-state index is 9.31. The Bertz CT molecular complexity index is 220. The van der Waals surface area contributed by atoms with E-state index in [1.165, 1.54) is 25.7 Å². The zero-order valence-corrected chi connectivity index (χ0v) is 11.8. The third-order valence-corrected chi connectivity index (χ3v) is 5.54. The summed E-state index contributed by atoms with van der Waals surface area (Å²) >= 11 is 2.46. The largest absolute Gasteiger partial charge is 0.394 e. The van der Waals surface area contributed by atoms with E-state index in [0.29, 0.717) is 11.8 Å². The van der Waals surface area contributed by atoms with E-state index in [0.717, 1.165) is 19.4 Å². The zero-order valence-electron chi connectivity index (χ0n) is 9.62. The summed E-state index contributed by atoms with van der Waals surface area (Å²) < 4.78 is 6.06. The molecule has 1 atom stereocenters. The molecule has 1 saturated carbocycles. The van der Waals surface area contributed by atoms with Gasteiger partial charge in [-0.1, -0.05) is 6.42 Å². The van der Waals surface area contributed by atoms with Crippen molar-refractivity contribution >= 4 is 22.6 Å². The average Bonchev–Trinajstić information content (AvgIpc) is 2.31. The van der Waals surface area contributed by atoms with Gasteiger partial charge in [-0.05, 0) is 66.5 Å². The molecule has 1 aliphatic carbocycles. The summed E-state index contributed by atoms with van der Waals surface area (Å²) in [4.78, 5) is 0. The van der Waals surface area contributed by atoms with Gasteiger partial charge in [0.05, 0.1) is 19.3 Å². The van der Waals surface area contributed by atoms with Crippen molar-refractivity contribution in [2.75, 3.05) is 13.2 Å². The van der Waals surface area contributed by atoms with Crippen LogP contribution in [0.1, 0.15) is 44.9 Å². The molecule has 2 N–H and O–H groups in total. The van der Waals surface area contributed by atoms with Gasteiger partial charge in [0.2, 0.25) is 0 Å². The number of hydrogen-bond donors (Lipinski definition) is 2. The van der Waals surface area contributed by atoms with Crippen LogP contribution in [0.5, 0.6) is 0 Å². The molecule has 0 aromatic carbocycles. The summed E-state index contributed by atoms with van der Waals surface area (Å²) in [6, 6.07) is 0. The molecule has 0 radical (unpaired) electrons. The van der Waals surface area contributed by atoms with Gasteiger partial charge in [0, 0.05) is 0 Å². The highest BCUT2D eigenvalue weighted by Gasteiger charge is 2.47. The lowest BCUT2D eigenvalue weighted by Gasteiger charge is -2.51. The van der Waals surface area contributed by atoms with Crippen molar-refractivity contribution in [3.8, 4) is 0 Å². The van der Waals surface area contributed by atoms with Crippen LogP contribution in [0.3, 0.4) is 0 Å². The van der Waals surface area contributed by atoms with E-state index in [4.69, 9.17) is 9.84 Å². The summed E-state index contributed by atoms with van der Waals surface area (Å²) in [6.07, 6.45) is 7.21. The van der Waals surface area contributed by atoms with Crippen LogP contribution in [-0.4, -0.2) is 33.1 Å². The number of fused-ring (bicyclic) bond motifs is 3. The van der Waals surface area contributed by atoms with Gasteiger partial charge in [0.25, 0.3) is 0 Å². The number of alkyl halides is 1. The van der Waals surface area contributed by atoms with Crippen molar-refractivity contribution in [2.45, 2.75) is 54.7 Å². The van der Waals surface area contributed by atoms with Gasteiger partial charge < -0.3 is 14.9 Å². The standard InChI is InChI=1S/C12H21IO3/c13-12-6-4-11(5-7-12,9-16-12)3-1-2-10(15)8-14/h10,14-15H,1-9H2. The van der Waals surface area contributed by atoms with E-state index >= 15 is 0 Å². The van der Waals surface area contributed by atoms with Gasteiger partial charge in [-0.2, -0.15) is 0 Å². The Morgan fingerprint density at radius 1 is 1.25 bits per heavy atom. The van der Waals surface area contributed by atoms with Crippen molar-refractivity contribution in [1.82, 2.24) is 0 Å². The van der Waals surface area contributed by atoms with Crippen LogP contribution in [0.25, 0.3) is 0 Å². The van der Waals surface area contributed by atoms with Crippen molar-refractivity contribution in [2.24, 2.45) is 5.41 Å². The van der Waals surface area contributed by atoms with Gasteiger partial charge in [-0.25, -0.2) is 0 Å². The van der Waals surface area contributed by atoms with Crippen molar-refractivity contribution in [3.05, 3.63) is 0 Å². The second kappa shape index (κ2) is 5.08. The van der Waals surface area contributed by atoms with Crippen LogP contribution in [-0.2, 0) is 4.74 Å². The molecule has 2 heterocycles. The molecular weight excluding hydrogens is 319 g/mol. The van der Waals surface area contributed by atoms with E-state index in [1.807, 2.05) is 0 Å². The number of ether oxygens (including phenoxy) is 1. The number of aliphatic hydroxyl groups excluding tert-OH is 2. The lowest BCUT2D eigenvalue weighted by molar-refractivity contribution is -0.128. The summed E-state index contributed by atoms with van der Waals surface area (Å²) in [7, 11) is 0. The third-order valence-electron chi connectivity index (χ3n) is 4.15. The van der Waals surface area contributed by atoms with Crippen molar-refractivity contribution in [1.29, 1.82) is 0 Å². The van der Waals surface area contributed by atoms with E-state index < -0.39 is 6.10 Å². The molecule has 3 nitrogen and oxygen atoms in total. The van der Waals surface area contributed by atoms with Crippen LogP contribution in [0, 0.1) is 5.41 Å². The molecule has 3 rings (SSSR count). The first-order chi connectivity index (χ1) is 7.58. The number of rotatable bonds is 5. The Morgan fingerprint density at radius 2 is 1.94 bits per heavy atom. The molecular formula is C12H21IO3. The average molecular weight is 340 g/mol. The first-order valence-electron chi connectivity index (χ1n) is 6.19. The lowest BCUT2D eigenvalue weighted by atomic mass is 9.68. The van der Waals surface area contributed by atoms with E-state index in [9.17, 15) is 5.11 Å². The Kier molecular flexibility index (Phi) is 4.14. The normalized spacial score (nSPS) is 39.9. The first kappa shape index (κ1) is 13.1. The Labute approximate surface area is 111 Å². The molecule has 2 saturated heterocycles. The van der Waals surface area contributed by atoms with Gasteiger partial charge in [-0.15, -0.1) is 0 Å². The molecule has 3 fully saturated rings. The fourth-order valence-electron chi connectivity index (χ4n) is 2.85. The first-order valence-corrected chi connectivity index (χ1v) is 7.27. The Morgan fingerprint density at radius 3 is 2.44 bits per heavy atom. The lowest BCUT2D eigenvalue weighted by Crippen LogP contribution is -2.47. The van der Waals surface area contributed by atoms with Gasteiger partial charge in [0.15, 0.2) is 0 Å². The SMILES string of the molecule is OCC(O)CCCC12CCC(I)(CC1)OC2. The predicted molar refractivity (Wildman–Crippen MR) is 70.5 cm³/mol. The van der Waals surface area contributed by atoms with Crippen molar-refractivity contribution < 1.29 is 14.9 Å². The topological polar surface area (TPSA) is 49.7 Å². The number of hydrogen-bond acceptors (Lipinski definition) is 3. The highest BCUT2D eigenvalue weighted by molar-refractivity contribution is 14.1. The molecule has 0 amide bonds. The molecule has 3 aliphatic rings. The van der Waals surface area contributed by atoms with Crippen LogP contribution < -0.4 is 0 Å². The Balaban J connectivity index is 1.77. The molecule has 2 bridgehead atoms. The molecule has 0 aromatic heterocycles. The van der Waals surface area contributed by atoms with Crippen LogP contribution in [0.4, 0.5) is 0 Å². The molecule has 4 heteroatoms. The minimum atomic E-state index is -0.534. The second-order valence-corrected chi connectivity index (χ2v) is 7.37. The summed E-state index contributed by atoms with van der Waals surface area (Å²) in [5.41, 5.74) is 0.377. The van der Waals surface area contributed by atoms with E-state index in [-0.39, 0.29) is 10.2 Å². The van der Waals surface area contributed by atoms with Gasteiger partial charge in [-0.3, -0.25) is 0 Å². The highest BCUT2D eigenvalue weighted by Crippen LogP contribution is 2.53. The molecule has 94 valence electrons. The maximum absolute atomic E-state index is 9.31. The number of halogens is 1. The molecule has 1 unspecified atom stereocenters. The Hall–Kier alpha value is 0.610. The predicted octanol–water partition coefficient (Wildman–Crippen LogP) is 2.23. The third kappa shape index (κ3) is 2.89. The summed E-state index contributed by atoms with van der Waals surface area (Å²) in [5.74, 6) is 0. The smallest absolute Gasteiger partial charge is 0.119 e. The minimum absolute atomic E-state index is 0.111. The second-order valence-electron chi connectivity index (χ2n) is 5.40. The number of aliphatic hydroxyl groups is 2. The monoisotopic (exact) mass is 340 g/mol. The van der Waals surface area contributed by atoms with Gasteiger partial charge >= 0.3 is 0 Å². The van der Waals surface area contributed by atoms with Gasteiger partial charge in [0.1, 0.15) is 3.61 Å². The molecule has 0 aromatic rings. The fraction of sp³-hybridized carbons (Fsp3) is 1.00. The van der Waals surface area contributed by atoms with Crippen LogP contribution in [0.2, 0.25) is 0 Å². The molecule has 2 aliphatic heterocycles. The van der Waals surface area contributed by atoms with Crippen LogP contribution >= 0.6 is 22.6 Å². The van der Waals surface area contributed by atoms with Crippen molar-refractivity contribution in [3.63, 3.8) is 0 Å². The highest BCUT2D eigenvalue weighted by atomic mass is 127. The van der Waals surface area contributed by atoms with Crippen LogP contribution in [0.15, 0.2) is 0 Å². The fourth-order valence-corrected chi connectivity index (χ4v) is 3.55. The minimum Gasteiger partial charge on any atom is -0.394 e. The summed E-state index contributed by atoms with van der Waals surface area (Å²) in [5, 5.41) is 18.1. The zero-order chi connectivity index (χ0) is 11.6. The maximum Gasteiger partial charge on any atom is 0.119 e. The molecule has 0 spiro atoms.